The first-order valence-corrected chi connectivity index (χ1v) is 7.18. The van der Waals surface area contributed by atoms with Gasteiger partial charge in [0.2, 0.25) is 0 Å². The molecule has 4 heteroatoms. The molecule has 0 heterocycles. The number of hydrogen-bond donors (Lipinski definition) is 1. The van der Waals surface area contributed by atoms with Crippen molar-refractivity contribution in [1.29, 1.82) is 0 Å². The molecule has 1 rings (SSSR count). The van der Waals surface area contributed by atoms with Gasteiger partial charge in [-0.25, -0.2) is 0 Å². The minimum atomic E-state index is 0.484. The van der Waals surface area contributed by atoms with Gasteiger partial charge in [0.25, 0.3) is 0 Å². The van der Waals surface area contributed by atoms with E-state index in [1.165, 1.54) is 11.1 Å². The van der Waals surface area contributed by atoms with Gasteiger partial charge >= 0.3 is 0 Å². The van der Waals surface area contributed by atoms with Crippen molar-refractivity contribution in [2.24, 2.45) is 0 Å². The summed E-state index contributed by atoms with van der Waals surface area (Å²) in [5, 5.41) is 3.43. The summed E-state index contributed by atoms with van der Waals surface area (Å²) in [5.74, 6) is 0. The summed E-state index contributed by atoms with van der Waals surface area (Å²) < 4.78 is 15.9. The molecule has 114 valence electrons. The highest BCUT2D eigenvalue weighted by molar-refractivity contribution is 5.26. The molecule has 0 fully saturated rings. The molecular weight excluding hydrogens is 254 g/mol. The normalized spacial score (nSPS) is 11.2. The summed E-state index contributed by atoms with van der Waals surface area (Å²) in [5.41, 5.74) is 2.53. The highest BCUT2D eigenvalue weighted by Gasteiger charge is 2.02. The van der Waals surface area contributed by atoms with Crippen LogP contribution in [0, 0.1) is 0 Å². The van der Waals surface area contributed by atoms with Gasteiger partial charge < -0.3 is 19.5 Å². The van der Waals surface area contributed by atoms with Gasteiger partial charge in [-0.15, -0.1) is 0 Å². The van der Waals surface area contributed by atoms with Crippen molar-refractivity contribution in [1.82, 2.24) is 5.32 Å². The van der Waals surface area contributed by atoms with E-state index in [0.717, 1.165) is 6.54 Å². The van der Waals surface area contributed by atoms with Gasteiger partial charge in [-0.2, -0.15) is 0 Å². The summed E-state index contributed by atoms with van der Waals surface area (Å²) in [6.45, 7) is 8.27. The quantitative estimate of drug-likeness (QED) is 0.632. The molecule has 0 bridgehead atoms. The lowest BCUT2D eigenvalue weighted by molar-refractivity contribution is 0.0198. The van der Waals surface area contributed by atoms with Gasteiger partial charge in [-0.05, 0) is 11.1 Å². The number of methoxy groups -OCH3 is 1. The van der Waals surface area contributed by atoms with Gasteiger partial charge in [0.05, 0.1) is 33.0 Å². The monoisotopic (exact) mass is 281 g/mol. The van der Waals surface area contributed by atoms with Crippen LogP contribution in [0.1, 0.15) is 25.0 Å². The van der Waals surface area contributed by atoms with Crippen molar-refractivity contribution in [3.63, 3.8) is 0 Å². The van der Waals surface area contributed by atoms with Gasteiger partial charge in [0.15, 0.2) is 0 Å². The fourth-order valence-electron chi connectivity index (χ4n) is 1.73. The molecule has 0 atom stereocenters. The molecule has 1 aromatic carbocycles. The summed E-state index contributed by atoms with van der Waals surface area (Å²) in [6.07, 6.45) is 0. The molecule has 0 spiro atoms. The van der Waals surface area contributed by atoms with E-state index >= 15 is 0 Å². The third kappa shape index (κ3) is 7.60. The average Bonchev–Trinajstić information content (AvgIpc) is 2.45. The predicted molar refractivity (Wildman–Crippen MR) is 80.8 cm³/mol. The molecule has 0 unspecified atom stereocenters. The van der Waals surface area contributed by atoms with E-state index in [9.17, 15) is 0 Å². The molecule has 0 aliphatic rings. The van der Waals surface area contributed by atoms with Gasteiger partial charge in [0.1, 0.15) is 0 Å². The molecule has 0 aromatic heterocycles. The Labute approximate surface area is 122 Å². The first-order valence-electron chi connectivity index (χ1n) is 7.18. The Balaban J connectivity index is 2.25. The van der Waals surface area contributed by atoms with Gasteiger partial charge in [0, 0.05) is 19.7 Å². The second-order valence-electron chi connectivity index (χ2n) is 4.96. The molecule has 0 saturated carbocycles. The zero-order valence-electron chi connectivity index (χ0n) is 12.9. The Morgan fingerprint density at radius 2 is 1.60 bits per heavy atom. The number of ether oxygens (including phenoxy) is 3. The number of rotatable bonds is 11. The molecule has 1 N–H and O–H groups in total. The van der Waals surface area contributed by atoms with Crippen LogP contribution in [0.2, 0.25) is 0 Å². The first kappa shape index (κ1) is 17.1. The van der Waals surface area contributed by atoms with Crippen LogP contribution in [0.5, 0.6) is 0 Å². The largest absolute Gasteiger partial charge is 0.382 e. The van der Waals surface area contributed by atoms with Crippen molar-refractivity contribution in [3.8, 4) is 0 Å². The number of nitrogens with one attached hydrogen (secondary N) is 1. The van der Waals surface area contributed by atoms with Crippen LogP contribution >= 0.6 is 0 Å². The molecule has 1 aromatic rings. The van der Waals surface area contributed by atoms with Crippen molar-refractivity contribution in [2.45, 2.75) is 33.0 Å². The molecule has 4 nitrogen and oxygen atoms in total. The fraction of sp³-hybridized carbons (Fsp3) is 0.625. The Bertz CT molecular complexity index is 355. The van der Waals surface area contributed by atoms with Crippen LogP contribution in [-0.4, -0.2) is 39.6 Å². The second-order valence-corrected chi connectivity index (χ2v) is 4.96. The molecule has 0 saturated heterocycles. The maximum atomic E-state index is 5.65. The lowest BCUT2D eigenvalue weighted by Crippen LogP contribution is -2.22. The highest BCUT2D eigenvalue weighted by atomic mass is 16.5. The standard InChI is InChI=1S/C16H27NO3/c1-14(2)17-12-15-6-4-5-7-16(15)13-20-11-10-19-9-8-18-3/h4-7,14,17H,8-13H2,1-3H3. The first-order chi connectivity index (χ1) is 9.74. The van der Waals surface area contributed by atoms with Crippen LogP contribution in [0.25, 0.3) is 0 Å². The molecule has 0 radical (unpaired) electrons. The Morgan fingerprint density at radius 3 is 2.30 bits per heavy atom. The minimum Gasteiger partial charge on any atom is -0.382 e. The maximum absolute atomic E-state index is 5.65. The van der Waals surface area contributed by atoms with E-state index in [1.54, 1.807) is 7.11 Å². The van der Waals surface area contributed by atoms with Crippen molar-refractivity contribution < 1.29 is 14.2 Å². The minimum absolute atomic E-state index is 0.484. The van der Waals surface area contributed by atoms with E-state index in [-0.39, 0.29) is 0 Å². The SMILES string of the molecule is COCCOCCOCc1ccccc1CNC(C)C. The van der Waals surface area contributed by atoms with Crippen LogP contribution < -0.4 is 5.32 Å². The summed E-state index contributed by atoms with van der Waals surface area (Å²) in [6, 6.07) is 8.85. The van der Waals surface area contributed by atoms with E-state index in [1.807, 2.05) is 6.07 Å². The number of benzene rings is 1. The van der Waals surface area contributed by atoms with Crippen LogP contribution in [0.15, 0.2) is 24.3 Å². The zero-order valence-corrected chi connectivity index (χ0v) is 12.9. The summed E-state index contributed by atoms with van der Waals surface area (Å²) in [7, 11) is 1.67. The molecule has 0 aliphatic carbocycles. The van der Waals surface area contributed by atoms with E-state index in [4.69, 9.17) is 14.2 Å². The fourth-order valence-corrected chi connectivity index (χ4v) is 1.73. The van der Waals surface area contributed by atoms with Crippen LogP contribution in [0.3, 0.4) is 0 Å². The second kappa shape index (κ2) is 10.8. The third-order valence-electron chi connectivity index (χ3n) is 2.88. The number of hydrogen-bond acceptors (Lipinski definition) is 4. The molecular formula is C16H27NO3. The lowest BCUT2D eigenvalue weighted by atomic mass is 10.1. The lowest BCUT2D eigenvalue weighted by Gasteiger charge is -2.13. The summed E-state index contributed by atoms with van der Waals surface area (Å²) >= 11 is 0. The van der Waals surface area contributed by atoms with Gasteiger partial charge in [-0.3, -0.25) is 0 Å². The Kier molecular flexibility index (Phi) is 9.24. The average molecular weight is 281 g/mol. The van der Waals surface area contributed by atoms with Crippen molar-refractivity contribution in [3.05, 3.63) is 35.4 Å². The smallest absolute Gasteiger partial charge is 0.0721 e. The Hall–Kier alpha value is -0.940. The Morgan fingerprint density at radius 1 is 0.950 bits per heavy atom. The third-order valence-corrected chi connectivity index (χ3v) is 2.88. The predicted octanol–water partition coefficient (Wildman–Crippen LogP) is 2.36. The van der Waals surface area contributed by atoms with E-state index in [2.05, 4.69) is 37.4 Å². The molecule has 20 heavy (non-hydrogen) atoms. The zero-order chi connectivity index (χ0) is 14.6. The van der Waals surface area contributed by atoms with Gasteiger partial charge in [-0.1, -0.05) is 38.1 Å². The van der Waals surface area contributed by atoms with Crippen molar-refractivity contribution >= 4 is 0 Å². The maximum Gasteiger partial charge on any atom is 0.0721 e. The summed E-state index contributed by atoms with van der Waals surface area (Å²) in [4.78, 5) is 0. The highest BCUT2D eigenvalue weighted by Crippen LogP contribution is 2.10. The topological polar surface area (TPSA) is 39.7 Å². The van der Waals surface area contributed by atoms with Crippen LogP contribution in [0.4, 0.5) is 0 Å². The molecule has 0 aliphatic heterocycles. The van der Waals surface area contributed by atoms with Crippen LogP contribution in [-0.2, 0) is 27.4 Å². The molecule has 0 amide bonds. The van der Waals surface area contributed by atoms with E-state index in [0.29, 0.717) is 39.1 Å². The van der Waals surface area contributed by atoms with Crippen molar-refractivity contribution in [2.75, 3.05) is 33.5 Å². The van der Waals surface area contributed by atoms with E-state index < -0.39 is 0 Å².